The van der Waals surface area contributed by atoms with Crippen LogP contribution in [0.4, 0.5) is 8.78 Å². The Kier molecular flexibility index (Phi) is 5.94. The van der Waals surface area contributed by atoms with Crippen LogP contribution in [0.3, 0.4) is 0 Å². The van der Waals surface area contributed by atoms with Crippen LogP contribution in [0, 0.1) is 17.0 Å². The number of hydrogen-bond donors (Lipinski definition) is 0. The average Bonchev–Trinajstić information content (AvgIpc) is 2.93. The number of benzene rings is 2. The van der Waals surface area contributed by atoms with Crippen molar-refractivity contribution < 1.29 is 13.6 Å². The van der Waals surface area contributed by atoms with E-state index >= 15 is 0 Å². The molecule has 0 amide bonds. The second-order valence-electron chi connectivity index (χ2n) is 7.74. The van der Waals surface area contributed by atoms with Crippen LogP contribution in [0.15, 0.2) is 53.3 Å². The monoisotopic (exact) mass is 413 g/mol. The molecule has 3 rings (SSSR count). The topological polar surface area (TPSA) is 39.1 Å². The third-order valence-corrected chi connectivity index (χ3v) is 5.44. The minimum atomic E-state index is -0.607. The number of halogens is 2. The van der Waals surface area contributed by atoms with Gasteiger partial charge >= 0.3 is 0 Å². The molecule has 1 heterocycles. The summed E-state index contributed by atoms with van der Waals surface area (Å²) in [5.41, 5.74) is 0.0922. The van der Waals surface area contributed by atoms with Crippen LogP contribution in [0.5, 0.6) is 0 Å². The van der Waals surface area contributed by atoms with E-state index in [2.05, 4.69) is 0 Å². The number of ketones is 1. The first-order chi connectivity index (χ1) is 13.6. The fourth-order valence-electron chi connectivity index (χ4n) is 2.63. The summed E-state index contributed by atoms with van der Waals surface area (Å²) in [5, 5.41) is 0. The largest absolute Gasteiger partial charge is 0.294 e. The van der Waals surface area contributed by atoms with Gasteiger partial charge in [0.2, 0.25) is 0 Å². The molecule has 0 aliphatic rings. The van der Waals surface area contributed by atoms with Gasteiger partial charge in [0.15, 0.2) is 5.78 Å². The molecular weight excluding hydrogens is 392 g/mol. The van der Waals surface area contributed by atoms with E-state index in [1.165, 1.54) is 28.8 Å². The Hall–Kier alpha value is -2.86. The van der Waals surface area contributed by atoms with Gasteiger partial charge in [0, 0.05) is 17.1 Å². The zero-order chi connectivity index (χ0) is 21.2. The molecular formula is C23H21F2NO2S. The van der Waals surface area contributed by atoms with E-state index in [0.717, 1.165) is 11.3 Å². The maximum absolute atomic E-state index is 14.1. The van der Waals surface area contributed by atoms with E-state index in [1.54, 1.807) is 57.2 Å². The lowest BCUT2D eigenvalue weighted by Crippen LogP contribution is -2.33. The van der Waals surface area contributed by atoms with E-state index in [1.807, 2.05) is 0 Å². The standard InChI is InChI=1S/C23H21F2NO2S/c1-23(2,3)20(27)13-21-26(14-16-6-4-5-7-18(16)25)22(28)19(29-21)12-15-8-10-17(24)11-9-15/h4-13H,14H2,1-3H3/b19-12-,21-13+. The Morgan fingerprint density at radius 2 is 1.72 bits per heavy atom. The zero-order valence-corrected chi connectivity index (χ0v) is 17.2. The van der Waals surface area contributed by atoms with Crippen molar-refractivity contribution in [2.24, 2.45) is 5.41 Å². The summed E-state index contributed by atoms with van der Waals surface area (Å²) in [6.45, 7) is 5.40. The van der Waals surface area contributed by atoms with Crippen molar-refractivity contribution in [1.29, 1.82) is 0 Å². The molecule has 0 spiro atoms. The summed E-state index contributed by atoms with van der Waals surface area (Å²) >= 11 is 1.16. The predicted molar refractivity (Wildman–Crippen MR) is 112 cm³/mol. The Bertz CT molecular complexity index is 1220. The molecule has 0 N–H and O–H groups in total. The van der Waals surface area contributed by atoms with Gasteiger partial charge in [0.25, 0.3) is 5.56 Å². The SMILES string of the molecule is CC(C)(C)C(=O)/C=c1/s/c(=C\c2ccc(F)cc2)c(=O)n1Cc1ccccc1F. The summed E-state index contributed by atoms with van der Waals surface area (Å²) in [6.07, 6.45) is 3.08. The number of carbonyl (C=O) groups is 1. The van der Waals surface area contributed by atoms with Gasteiger partial charge in [-0.2, -0.15) is 0 Å². The summed E-state index contributed by atoms with van der Waals surface area (Å²) < 4.78 is 29.5. The van der Waals surface area contributed by atoms with Crippen molar-refractivity contribution in [3.05, 3.63) is 90.8 Å². The fourth-order valence-corrected chi connectivity index (χ4v) is 3.67. The third kappa shape index (κ3) is 4.95. The summed E-state index contributed by atoms with van der Waals surface area (Å²) in [4.78, 5) is 25.6. The highest BCUT2D eigenvalue weighted by atomic mass is 32.1. The molecule has 1 aromatic heterocycles. The molecule has 0 radical (unpaired) electrons. The van der Waals surface area contributed by atoms with Crippen molar-refractivity contribution in [3.8, 4) is 0 Å². The molecule has 150 valence electrons. The molecule has 0 unspecified atom stereocenters. The lowest BCUT2D eigenvalue weighted by Gasteiger charge is -2.13. The number of hydrogen-bond acceptors (Lipinski definition) is 3. The number of carbonyl (C=O) groups excluding carboxylic acids is 1. The quantitative estimate of drug-likeness (QED) is 0.657. The highest BCUT2D eigenvalue weighted by molar-refractivity contribution is 7.07. The van der Waals surface area contributed by atoms with Crippen LogP contribution in [0.2, 0.25) is 0 Å². The van der Waals surface area contributed by atoms with E-state index in [9.17, 15) is 18.4 Å². The van der Waals surface area contributed by atoms with Crippen LogP contribution >= 0.6 is 11.3 Å². The van der Waals surface area contributed by atoms with Crippen LogP contribution in [-0.4, -0.2) is 10.4 Å². The minimum absolute atomic E-state index is 0.0164. The normalized spacial score (nSPS) is 13.1. The zero-order valence-electron chi connectivity index (χ0n) is 16.4. The van der Waals surface area contributed by atoms with Gasteiger partial charge in [-0.15, -0.1) is 11.3 Å². The highest BCUT2D eigenvalue weighted by Gasteiger charge is 2.19. The first-order valence-electron chi connectivity index (χ1n) is 9.11. The van der Waals surface area contributed by atoms with Crippen LogP contribution in [0.25, 0.3) is 12.2 Å². The van der Waals surface area contributed by atoms with Gasteiger partial charge in [-0.3, -0.25) is 14.2 Å². The smallest absolute Gasteiger partial charge is 0.269 e. The molecule has 3 nitrogen and oxygen atoms in total. The molecule has 0 fully saturated rings. The minimum Gasteiger partial charge on any atom is -0.294 e. The van der Waals surface area contributed by atoms with Gasteiger partial charge in [0.05, 0.1) is 11.1 Å². The first kappa shape index (κ1) is 20.9. The fraction of sp³-hybridized carbons (Fsp3) is 0.217. The molecule has 2 aromatic carbocycles. The molecule has 0 aliphatic heterocycles. The van der Waals surface area contributed by atoms with E-state index in [4.69, 9.17) is 0 Å². The Morgan fingerprint density at radius 1 is 1.07 bits per heavy atom. The molecule has 29 heavy (non-hydrogen) atoms. The molecule has 0 bridgehead atoms. The first-order valence-corrected chi connectivity index (χ1v) is 9.93. The highest BCUT2D eigenvalue weighted by Crippen LogP contribution is 2.15. The summed E-state index contributed by atoms with van der Waals surface area (Å²) in [6, 6.07) is 12.0. The lowest BCUT2D eigenvalue weighted by atomic mass is 9.91. The average molecular weight is 413 g/mol. The molecule has 0 saturated carbocycles. The second-order valence-corrected chi connectivity index (χ2v) is 8.80. The van der Waals surface area contributed by atoms with Gasteiger partial charge in [-0.05, 0) is 29.8 Å². The Morgan fingerprint density at radius 3 is 2.34 bits per heavy atom. The van der Waals surface area contributed by atoms with Gasteiger partial charge in [-0.25, -0.2) is 8.78 Å². The van der Waals surface area contributed by atoms with E-state index < -0.39 is 11.2 Å². The molecule has 0 saturated heterocycles. The van der Waals surface area contributed by atoms with Crippen molar-refractivity contribution in [2.45, 2.75) is 27.3 Å². The van der Waals surface area contributed by atoms with Crippen LogP contribution in [-0.2, 0) is 11.3 Å². The Labute approximate surface area is 171 Å². The van der Waals surface area contributed by atoms with Gasteiger partial charge in [-0.1, -0.05) is 51.1 Å². The number of nitrogens with zero attached hydrogens (tertiary/aromatic N) is 1. The summed E-state index contributed by atoms with van der Waals surface area (Å²) in [7, 11) is 0. The maximum Gasteiger partial charge on any atom is 0.269 e. The van der Waals surface area contributed by atoms with Gasteiger partial charge in [0.1, 0.15) is 16.3 Å². The number of Topliss-reactive ketones (excluding diaryl/α,β-unsaturated/α-hetero) is 1. The van der Waals surface area contributed by atoms with Crippen molar-refractivity contribution in [3.63, 3.8) is 0 Å². The molecule has 6 heteroatoms. The molecule has 3 aromatic rings. The predicted octanol–water partition coefficient (Wildman–Crippen LogP) is 3.46. The van der Waals surface area contributed by atoms with Crippen LogP contribution in [0.1, 0.15) is 31.9 Å². The van der Waals surface area contributed by atoms with Crippen molar-refractivity contribution in [2.75, 3.05) is 0 Å². The molecule has 0 atom stereocenters. The Balaban J connectivity index is 2.19. The maximum atomic E-state index is 14.1. The van der Waals surface area contributed by atoms with E-state index in [-0.39, 0.29) is 23.7 Å². The second kappa shape index (κ2) is 8.25. The third-order valence-electron chi connectivity index (χ3n) is 4.38. The number of thiazole rings is 1. The van der Waals surface area contributed by atoms with Gasteiger partial charge < -0.3 is 0 Å². The summed E-state index contributed by atoms with van der Waals surface area (Å²) in [5.74, 6) is -0.910. The van der Waals surface area contributed by atoms with E-state index in [0.29, 0.717) is 20.3 Å². The lowest BCUT2D eigenvalue weighted by molar-refractivity contribution is -0.120. The van der Waals surface area contributed by atoms with Crippen LogP contribution < -0.4 is 14.8 Å². The number of aromatic nitrogens is 1. The molecule has 0 aliphatic carbocycles. The number of rotatable bonds is 4. The van der Waals surface area contributed by atoms with Crippen molar-refractivity contribution >= 4 is 29.3 Å². The van der Waals surface area contributed by atoms with Crippen molar-refractivity contribution in [1.82, 2.24) is 4.57 Å².